The van der Waals surface area contributed by atoms with Crippen molar-refractivity contribution < 1.29 is 22.8 Å². The summed E-state index contributed by atoms with van der Waals surface area (Å²) in [5, 5.41) is 4.92. The van der Waals surface area contributed by atoms with E-state index in [4.69, 9.17) is 0 Å². The number of aromatic nitrogens is 1. The van der Waals surface area contributed by atoms with Crippen LogP contribution in [0.2, 0.25) is 0 Å². The summed E-state index contributed by atoms with van der Waals surface area (Å²) >= 11 is 0. The first kappa shape index (κ1) is 20.1. The van der Waals surface area contributed by atoms with Crippen LogP contribution in [0.15, 0.2) is 60.9 Å². The third-order valence-corrected chi connectivity index (χ3v) is 4.08. The second kappa shape index (κ2) is 9.01. The van der Waals surface area contributed by atoms with Crippen molar-refractivity contribution in [3.63, 3.8) is 0 Å². The van der Waals surface area contributed by atoms with Crippen molar-refractivity contribution in [2.75, 3.05) is 11.9 Å². The van der Waals surface area contributed by atoms with E-state index in [1.165, 1.54) is 24.5 Å². The van der Waals surface area contributed by atoms with Crippen LogP contribution in [0.1, 0.15) is 26.3 Å². The summed E-state index contributed by atoms with van der Waals surface area (Å²) in [5.41, 5.74) is 0.415. The van der Waals surface area contributed by atoms with Crippen molar-refractivity contribution in [2.24, 2.45) is 0 Å². The number of nitrogens with zero attached hydrogens (tertiary/aromatic N) is 1. The summed E-state index contributed by atoms with van der Waals surface area (Å²) in [6, 6.07) is 10.3. The maximum Gasteiger partial charge on any atom is 0.257 e. The second-order valence-corrected chi connectivity index (χ2v) is 6.14. The van der Waals surface area contributed by atoms with Gasteiger partial charge in [0.2, 0.25) is 0 Å². The summed E-state index contributed by atoms with van der Waals surface area (Å²) < 4.78 is 40.2. The molecule has 148 valence electrons. The Morgan fingerprint density at radius 2 is 1.59 bits per heavy atom. The first-order valence-corrected chi connectivity index (χ1v) is 8.67. The van der Waals surface area contributed by atoms with E-state index in [1.54, 1.807) is 18.2 Å². The van der Waals surface area contributed by atoms with Crippen LogP contribution in [-0.2, 0) is 6.42 Å². The average Bonchev–Trinajstić information content (AvgIpc) is 2.71. The van der Waals surface area contributed by atoms with Gasteiger partial charge in [0.1, 0.15) is 17.5 Å². The SMILES string of the molecule is O=C(NCCc1ccccc1F)c1cncc(C(=O)Nc2ccc(F)cc2F)c1. The highest BCUT2D eigenvalue weighted by Crippen LogP contribution is 2.16. The zero-order valence-corrected chi connectivity index (χ0v) is 15.1. The van der Waals surface area contributed by atoms with Crippen LogP contribution < -0.4 is 10.6 Å². The maximum atomic E-state index is 13.7. The predicted octanol–water partition coefficient (Wildman–Crippen LogP) is 3.72. The monoisotopic (exact) mass is 399 g/mol. The van der Waals surface area contributed by atoms with E-state index >= 15 is 0 Å². The molecule has 8 heteroatoms. The van der Waals surface area contributed by atoms with Crippen molar-refractivity contribution in [1.82, 2.24) is 10.3 Å². The number of nitrogens with one attached hydrogen (secondary N) is 2. The number of pyridine rings is 1. The van der Waals surface area contributed by atoms with E-state index in [9.17, 15) is 22.8 Å². The normalized spacial score (nSPS) is 10.4. The van der Waals surface area contributed by atoms with E-state index in [0.717, 1.165) is 12.1 Å². The fraction of sp³-hybridized carbons (Fsp3) is 0.0952. The molecular formula is C21H16F3N3O2. The van der Waals surface area contributed by atoms with Crippen molar-refractivity contribution in [3.8, 4) is 0 Å². The van der Waals surface area contributed by atoms with Gasteiger partial charge in [-0.1, -0.05) is 18.2 Å². The van der Waals surface area contributed by atoms with Crippen molar-refractivity contribution >= 4 is 17.5 Å². The highest BCUT2D eigenvalue weighted by molar-refractivity contribution is 6.05. The number of anilines is 1. The Morgan fingerprint density at radius 3 is 2.31 bits per heavy atom. The Balaban J connectivity index is 1.63. The molecule has 29 heavy (non-hydrogen) atoms. The van der Waals surface area contributed by atoms with Crippen LogP contribution in [0.25, 0.3) is 0 Å². The van der Waals surface area contributed by atoms with E-state index < -0.39 is 23.4 Å². The molecule has 0 aliphatic carbocycles. The van der Waals surface area contributed by atoms with E-state index in [1.807, 2.05) is 0 Å². The molecule has 0 radical (unpaired) electrons. The summed E-state index contributed by atoms with van der Waals surface area (Å²) in [6.07, 6.45) is 2.79. The van der Waals surface area contributed by atoms with E-state index in [2.05, 4.69) is 15.6 Å². The zero-order chi connectivity index (χ0) is 20.8. The first-order valence-electron chi connectivity index (χ1n) is 8.67. The smallest absolute Gasteiger partial charge is 0.257 e. The molecule has 0 aliphatic heterocycles. The fourth-order valence-electron chi connectivity index (χ4n) is 2.59. The minimum Gasteiger partial charge on any atom is -0.352 e. The number of halogens is 3. The Hall–Kier alpha value is -3.68. The molecule has 2 amide bonds. The molecule has 0 saturated heterocycles. The van der Waals surface area contributed by atoms with Gasteiger partial charge in [0.05, 0.1) is 16.8 Å². The topological polar surface area (TPSA) is 71.1 Å². The molecule has 0 aliphatic rings. The number of rotatable bonds is 6. The van der Waals surface area contributed by atoms with Gasteiger partial charge < -0.3 is 10.6 Å². The molecule has 0 unspecified atom stereocenters. The molecule has 0 fully saturated rings. The third-order valence-electron chi connectivity index (χ3n) is 4.08. The largest absolute Gasteiger partial charge is 0.352 e. The summed E-state index contributed by atoms with van der Waals surface area (Å²) in [4.78, 5) is 28.4. The maximum absolute atomic E-state index is 13.7. The lowest BCUT2D eigenvalue weighted by Crippen LogP contribution is -2.26. The Morgan fingerprint density at radius 1 is 0.862 bits per heavy atom. The van der Waals surface area contributed by atoms with Crippen LogP contribution in [0.4, 0.5) is 18.9 Å². The standard InChI is InChI=1S/C21H16F3N3O2/c22-16-5-6-19(18(24)10-16)27-21(29)15-9-14(11-25-12-15)20(28)26-8-7-13-3-1-2-4-17(13)23/h1-6,9-12H,7-8H2,(H,26,28)(H,27,29). The van der Waals surface area contributed by atoms with Gasteiger partial charge in [0, 0.05) is 25.0 Å². The average molecular weight is 399 g/mol. The highest BCUT2D eigenvalue weighted by Gasteiger charge is 2.14. The number of amides is 2. The van der Waals surface area contributed by atoms with Gasteiger partial charge in [-0.05, 0) is 36.2 Å². The van der Waals surface area contributed by atoms with Gasteiger partial charge in [-0.3, -0.25) is 14.6 Å². The van der Waals surface area contributed by atoms with Crippen LogP contribution in [0.3, 0.4) is 0 Å². The molecule has 3 rings (SSSR count). The van der Waals surface area contributed by atoms with Gasteiger partial charge in [0.25, 0.3) is 11.8 Å². The molecule has 0 saturated carbocycles. The molecule has 0 spiro atoms. The lowest BCUT2D eigenvalue weighted by molar-refractivity contribution is 0.0953. The molecule has 2 aromatic carbocycles. The van der Waals surface area contributed by atoms with Gasteiger partial charge in [-0.2, -0.15) is 0 Å². The van der Waals surface area contributed by atoms with Crippen molar-refractivity contribution in [1.29, 1.82) is 0 Å². The van der Waals surface area contributed by atoms with E-state index in [0.29, 0.717) is 18.1 Å². The minimum absolute atomic E-state index is 0.0236. The molecule has 5 nitrogen and oxygen atoms in total. The van der Waals surface area contributed by atoms with Gasteiger partial charge in [0.15, 0.2) is 0 Å². The van der Waals surface area contributed by atoms with Gasteiger partial charge >= 0.3 is 0 Å². The Labute approximate surface area is 164 Å². The summed E-state index contributed by atoms with van der Waals surface area (Å²) in [5.74, 6) is -3.24. The molecule has 2 N–H and O–H groups in total. The summed E-state index contributed by atoms with van der Waals surface area (Å²) in [7, 11) is 0. The molecule has 0 atom stereocenters. The van der Waals surface area contributed by atoms with Crippen molar-refractivity contribution in [2.45, 2.75) is 6.42 Å². The van der Waals surface area contributed by atoms with Crippen LogP contribution in [0.5, 0.6) is 0 Å². The summed E-state index contributed by atoms with van der Waals surface area (Å²) in [6.45, 7) is 0.191. The Bertz CT molecular complexity index is 1060. The molecule has 1 heterocycles. The lowest BCUT2D eigenvalue weighted by atomic mass is 10.1. The van der Waals surface area contributed by atoms with Crippen LogP contribution in [0, 0.1) is 17.5 Å². The lowest BCUT2D eigenvalue weighted by Gasteiger charge is -2.09. The number of hydrogen-bond donors (Lipinski definition) is 2. The van der Waals surface area contributed by atoms with Crippen LogP contribution in [-0.4, -0.2) is 23.3 Å². The minimum atomic E-state index is -0.923. The predicted molar refractivity (Wildman–Crippen MR) is 101 cm³/mol. The second-order valence-electron chi connectivity index (χ2n) is 6.14. The molecular weight excluding hydrogens is 383 g/mol. The third kappa shape index (κ3) is 5.19. The van der Waals surface area contributed by atoms with Gasteiger partial charge in [-0.15, -0.1) is 0 Å². The van der Waals surface area contributed by atoms with Gasteiger partial charge in [-0.25, -0.2) is 13.2 Å². The quantitative estimate of drug-likeness (QED) is 0.664. The number of benzene rings is 2. The number of carbonyl (C=O) groups is 2. The number of carbonyl (C=O) groups excluding carboxylic acids is 2. The van der Waals surface area contributed by atoms with E-state index in [-0.39, 0.29) is 29.2 Å². The first-order chi connectivity index (χ1) is 13.9. The number of hydrogen-bond acceptors (Lipinski definition) is 3. The molecule has 0 bridgehead atoms. The molecule has 3 aromatic rings. The van der Waals surface area contributed by atoms with Crippen molar-refractivity contribution in [3.05, 3.63) is 95.1 Å². The fourth-order valence-corrected chi connectivity index (χ4v) is 2.59. The molecule has 1 aromatic heterocycles. The Kier molecular flexibility index (Phi) is 6.23. The highest BCUT2D eigenvalue weighted by atomic mass is 19.1. The zero-order valence-electron chi connectivity index (χ0n) is 15.1. The van der Waals surface area contributed by atoms with Crippen LogP contribution >= 0.6 is 0 Å².